The van der Waals surface area contributed by atoms with Crippen LogP contribution in [0.1, 0.15) is 5.69 Å². The number of hydrogen-bond acceptors (Lipinski definition) is 5. The minimum atomic E-state index is -0.666. The predicted octanol–water partition coefficient (Wildman–Crippen LogP) is 2.75. The molecule has 1 aromatic carbocycles. The summed E-state index contributed by atoms with van der Waals surface area (Å²) in [4.78, 5) is 14.2. The van der Waals surface area contributed by atoms with E-state index in [1.807, 2.05) is 0 Å². The second-order valence-corrected chi connectivity index (χ2v) is 3.98. The lowest BCUT2D eigenvalue weighted by Gasteiger charge is -2.07. The minimum Gasteiger partial charge on any atom is -0.481 e. The molecule has 0 saturated carbocycles. The SMILES string of the molecule is COc1cccc(CNc2cc(F)cc([N+](=O)[O-])c2)n1. The van der Waals surface area contributed by atoms with Crippen molar-refractivity contribution in [2.24, 2.45) is 0 Å². The Morgan fingerprint density at radius 3 is 2.90 bits per heavy atom. The maximum absolute atomic E-state index is 13.3. The fraction of sp³-hybridized carbons (Fsp3) is 0.154. The lowest BCUT2D eigenvalue weighted by Crippen LogP contribution is -2.03. The number of aromatic nitrogens is 1. The minimum absolute atomic E-state index is 0.300. The van der Waals surface area contributed by atoms with Crippen LogP contribution in [0.3, 0.4) is 0 Å². The van der Waals surface area contributed by atoms with Gasteiger partial charge in [-0.2, -0.15) is 0 Å². The Morgan fingerprint density at radius 2 is 2.20 bits per heavy atom. The molecule has 2 aromatic rings. The Morgan fingerprint density at radius 1 is 1.40 bits per heavy atom. The van der Waals surface area contributed by atoms with Crippen molar-refractivity contribution in [2.75, 3.05) is 12.4 Å². The zero-order valence-corrected chi connectivity index (χ0v) is 10.7. The van der Waals surface area contributed by atoms with Crippen molar-refractivity contribution in [1.29, 1.82) is 0 Å². The molecular weight excluding hydrogens is 265 g/mol. The smallest absolute Gasteiger partial charge is 0.274 e. The van der Waals surface area contributed by atoms with Crippen LogP contribution in [0.15, 0.2) is 36.4 Å². The highest BCUT2D eigenvalue weighted by Gasteiger charge is 2.09. The molecule has 1 aromatic heterocycles. The van der Waals surface area contributed by atoms with Gasteiger partial charge in [0.05, 0.1) is 30.3 Å². The van der Waals surface area contributed by atoms with Gasteiger partial charge in [-0.1, -0.05) is 6.07 Å². The molecule has 0 fully saturated rings. The van der Waals surface area contributed by atoms with Gasteiger partial charge < -0.3 is 10.1 Å². The van der Waals surface area contributed by atoms with Crippen molar-refractivity contribution in [3.63, 3.8) is 0 Å². The van der Waals surface area contributed by atoms with Gasteiger partial charge in [-0.3, -0.25) is 10.1 Å². The summed E-state index contributed by atoms with van der Waals surface area (Å²) >= 11 is 0. The molecule has 0 atom stereocenters. The number of nitro benzene ring substituents is 1. The van der Waals surface area contributed by atoms with Gasteiger partial charge in [0.2, 0.25) is 5.88 Å². The van der Waals surface area contributed by atoms with Crippen LogP contribution >= 0.6 is 0 Å². The van der Waals surface area contributed by atoms with Gasteiger partial charge in [0.15, 0.2) is 0 Å². The van der Waals surface area contributed by atoms with Gasteiger partial charge >= 0.3 is 0 Å². The number of rotatable bonds is 5. The van der Waals surface area contributed by atoms with E-state index in [-0.39, 0.29) is 5.69 Å². The highest BCUT2D eigenvalue weighted by atomic mass is 19.1. The fourth-order valence-corrected chi connectivity index (χ4v) is 1.64. The summed E-state index contributed by atoms with van der Waals surface area (Å²) in [6, 6.07) is 8.57. The molecule has 0 aliphatic carbocycles. The molecule has 6 nitrogen and oxygen atoms in total. The average molecular weight is 277 g/mol. The average Bonchev–Trinajstić information content (AvgIpc) is 2.44. The number of nitro groups is 1. The van der Waals surface area contributed by atoms with Crippen LogP contribution in [0.25, 0.3) is 0 Å². The summed E-state index contributed by atoms with van der Waals surface area (Å²) in [6.45, 7) is 0.303. The van der Waals surface area contributed by atoms with E-state index in [2.05, 4.69) is 10.3 Å². The van der Waals surface area contributed by atoms with Crippen molar-refractivity contribution in [2.45, 2.75) is 6.54 Å². The van der Waals surface area contributed by atoms with Gasteiger partial charge in [0.25, 0.3) is 5.69 Å². The number of benzene rings is 1. The highest BCUT2D eigenvalue weighted by Crippen LogP contribution is 2.20. The monoisotopic (exact) mass is 277 g/mol. The number of non-ortho nitro benzene ring substituents is 1. The lowest BCUT2D eigenvalue weighted by molar-refractivity contribution is -0.385. The molecule has 0 spiro atoms. The summed E-state index contributed by atoms with van der Waals surface area (Å²) < 4.78 is 18.2. The van der Waals surface area contributed by atoms with Crippen LogP contribution in [0.4, 0.5) is 15.8 Å². The largest absolute Gasteiger partial charge is 0.481 e. The third-order valence-corrected chi connectivity index (χ3v) is 2.56. The second-order valence-electron chi connectivity index (χ2n) is 3.98. The van der Waals surface area contributed by atoms with Gasteiger partial charge in [-0.15, -0.1) is 0 Å². The van der Waals surface area contributed by atoms with Crippen molar-refractivity contribution in [3.8, 4) is 5.88 Å². The van der Waals surface area contributed by atoms with Gasteiger partial charge in [-0.25, -0.2) is 9.37 Å². The number of nitrogens with zero attached hydrogens (tertiary/aromatic N) is 2. The van der Waals surface area contributed by atoms with Crippen molar-refractivity contribution in [3.05, 3.63) is 58.0 Å². The maximum atomic E-state index is 13.3. The normalized spacial score (nSPS) is 10.1. The van der Waals surface area contributed by atoms with Crippen LogP contribution in [0.2, 0.25) is 0 Å². The third kappa shape index (κ3) is 3.41. The van der Waals surface area contributed by atoms with Gasteiger partial charge in [-0.05, 0) is 12.1 Å². The molecule has 0 aliphatic heterocycles. The van der Waals surface area contributed by atoms with E-state index in [0.29, 0.717) is 23.8 Å². The first-order valence-electron chi connectivity index (χ1n) is 5.77. The summed E-state index contributed by atoms with van der Waals surface area (Å²) in [6.07, 6.45) is 0. The van der Waals surface area contributed by atoms with Crippen LogP contribution in [0, 0.1) is 15.9 Å². The van der Waals surface area contributed by atoms with Gasteiger partial charge in [0.1, 0.15) is 5.82 Å². The molecule has 0 bridgehead atoms. The number of ether oxygens (including phenoxy) is 1. The second kappa shape index (κ2) is 5.96. The van der Waals surface area contributed by atoms with E-state index >= 15 is 0 Å². The number of nitrogens with one attached hydrogen (secondary N) is 1. The van der Waals surface area contributed by atoms with Gasteiger partial charge in [0, 0.05) is 17.8 Å². The van der Waals surface area contributed by atoms with E-state index in [1.165, 1.54) is 19.2 Å². The van der Waals surface area contributed by atoms with Crippen LogP contribution < -0.4 is 10.1 Å². The van der Waals surface area contributed by atoms with E-state index in [0.717, 1.165) is 6.07 Å². The summed E-state index contributed by atoms with van der Waals surface area (Å²) in [5, 5.41) is 13.5. The molecule has 7 heteroatoms. The Kier molecular flexibility index (Phi) is 4.09. The molecule has 0 amide bonds. The molecule has 0 aliphatic rings. The number of anilines is 1. The van der Waals surface area contributed by atoms with Crippen LogP contribution in [-0.4, -0.2) is 17.0 Å². The molecule has 2 rings (SSSR count). The Labute approximate surface area is 114 Å². The maximum Gasteiger partial charge on any atom is 0.274 e. The Bertz CT molecular complexity index is 634. The number of hydrogen-bond donors (Lipinski definition) is 1. The van der Waals surface area contributed by atoms with Crippen LogP contribution in [-0.2, 0) is 6.54 Å². The van der Waals surface area contributed by atoms with E-state index in [9.17, 15) is 14.5 Å². The fourth-order valence-electron chi connectivity index (χ4n) is 1.64. The molecule has 0 unspecified atom stereocenters. The molecule has 0 saturated heterocycles. The quantitative estimate of drug-likeness (QED) is 0.671. The van der Waals surface area contributed by atoms with Crippen molar-refractivity contribution < 1.29 is 14.1 Å². The van der Waals surface area contributed by atoms with E-state index in [1.54, 1.807) is 18.2 Å². The Balaban J connectivity index is 2.12. The molecule has 1 heterocycles. The molecule has 20 heavy (non-hydrogen) atoms. The first kappa shape index (κ1) is 13.7. The third-order valence-electron chi connectivity index (χ3n) is 2.56. The predicted molar refractivity (Wildman–Crippen MR) is 71.2 cm³/mol. The highest BCUT2D eigenvalue weighted by molar-refractivity contribution is 5.51. The summed E-state index contributed by atoms with van der Waals surface area (Å²) in [5.41, 5.74) is 0.698. The first-order chi connectivity index (χ1) is 9.58. The molecular formula is C13H12FN3O3. The zero-order chi connectivity index (χ0) is 14.5. The molecule has 104 valence electrons. The zero-order valence-electron chi connectivity index (χ0n) is 10.7. The first-order valence-corrected chi connectivity index (χ1v) is 5.77. The standard InChI is InChI=1S/C13H12FN3O3/c1-20-13-4-2-3-10(16-13)8-15-11-5-9(14)6-12(7-11)17(18)19/h2-7,15H,8H2,1H3. The molecule has 0 radical (unpaired) electrons. The Hall–Kier alpha value is -2.70. The number of pyridine rings is 1. The number of halogens is 1. The van der Waals surface area contributed by atoms with Crippen molar-refractivity contribution >= 4 is 11.4 Å². The van der Waals surface area contributed by atoms with E-state index < -0.39 is 10.7 Å². The van der Waals surface area contributed by atoms with Crippen LogP contribution in [0.5, 0.6) is 5.88 Å². The summed E-state index contributed by atoms with van der Waals surface area (Å²) in [5.74, 6) is -0.199. The lowest BCUT2D eigenvalue weighted by atomic mass is 10.2. The topological polar surface area (TPSA) is 77.3 Å². The number of methoxy groups -OCH3 is 1. The molecule has 1 N–H and O–H groups in total. The van der Waals surface area contributed by atoms with E-state index in [4.69, 9.17) is 4.74 Å². The van der Waals surface area contributed by atoms with Crippen molar-refractivity contribution in [1.82, 2.24) is 4.98 Å². The summed E-state index contributed by atoms with van der Waals surface area (Å²) in [7, 11) is 1.51.